The molecule has 0 spiro atoms. The quantitative estimate of drug-likeness (QED) is 0.659. The van der Waals surface area contributed by atoms with Crippen molar-refractivity contribution < 1.29 is 17.9 Å². The Hall–Kier alpha value is -0.250. The van der Waals surface area contributed by atoms with Crippen LogP contribution in [0.1, 0.15) is 32.6 Å². The van der Waals surface area contributed by atoms with E-state index in [4.69, 9.17) is 4.74 Å². The average molecular weight is 196 g/mol. The Morgan fingerprint density at radius 3 is 2.08 bits per heavy atom. The first kappa shape index (κ1) is 10.8. The summed E-state index contributed by atoms with van der Waals surface area (Å²) in [5.41, 5.74) is 0. The van der Waals surface area contributed by atoms with E-state index in [1.807, 2.05) is 6.92 Å². The van der Waals surface area contributed by atoms with Crippen LogP contribution in [0.3, 0.4) is 0 Å². The van der Waals surface area contributed by atoms with E-state index in [1.54, 1.807) is 0 Å². The first-order valence-electron chi connectivity index (χ1n) is 4.72. The van der Waals surface area contributed by atoms with Crippen molar-refractivity contribution in [1.29, 1.82) is 0 Å². The molecular formula is C9H15F3O. The summed E-state index contributed by atoms with van der Waals surface area (Å²) in [6.45, 7) is 2.47. The fraction of sp³-hybridized carbons (Fsp3) is 1.00. The maximum Gasteiger partial charge on any atom is 0.391 e. The summed E-state index contributed by atoms with van der Waals surface area (Å²) in [6, 6.07) is 0. The predicted molar refractivity (Wildman–Crippen MR) is 43.4 cm³/mol. The third kappa shape index (κ3) is 3.18. The Balaban J connectivity index is 2.30. The number of ether oxygens (including phenoxy) is 1. The Kier molecular flexibility index (Phi) is 3.59. The molecule has 0 radical (unpaired) electrons. The summed E-state index contributed by atoms with van der Waals surface area (Å²) in [7, 11) is 0. The number of hydrogen-bond acceptors (Lipinski definition) is 1. The Morgan fingerprint density at radius 1 is 1.15 bits per heavy atom. The van der Waals surface area contributed by atoms with Crippen LogP contribution in [0.2, 0.25) is 0 Å². The van der Waals surface area contributed by atoms with E-state index in [2.05, 4.69) is 0 Å². The monoisotopic (exact) mass is 196 g/mol. The van der Waals surface area contributed by atoms with Gasteiger partial charge >= 0.3 is 6.18 Å². The van der Waals surface area contributed by atoms with Crippen molar-refractivity contribution in [3.63, 3.8) is 0 Å². The molecule has 0 N–H and O–H groups in total. The van der Waals surface area contributed by atoms with Gasteiger partial charge < -0.3 is 4.74 Å². The molecule has 0 aromatic heterocycles. The molecule has 0 bridgehead atoms. The van der Waals surface area contributed by atoms with Crippen LogP contribution in [0.5, 0.6) is 0 Å². The van der Waals surface area contributed by atoms with E-state index in [0.29, 0.717) is 19.4 Å². The third-order valence-electron chi connectivity index (χ3n) is 2.54. The molecule has 0 amide bonds. The predicted octanol–water partition coefficient (Wildman–Crippen LogP) is 3.14. The average Bonchev–Trinajstić information content (AvgIpc) is 2.04. The zero-order valence-corrected chi connectivity index (χ0v) is 7.73. The highest BCUT2D eigenvalue weighted by atomic mass is 19.4. The second-order valence-electron chi connectivity index (χ2n) is 3.47. The van der Waals surface area contributed by atoms with Gasteiger partial charge in [0.1, 0.15) is 0 Å². The molecule has 78 valence electrons. The van der Waals surface area contributed by atoms with Crippen molar-refractivity contribution in [2.75, 3.05) is 6.61 Å². The molecule has 1 fully saturated rings. The van der Waals surface area contributed by atoms with Crippen LogP contribution < -0.4 is 0 Å². The molecule has 1 nitrogen and oxygen atoms in total. The van der Waals surface area contributed by atoms with E-state index >= 15 is 0 Å². The highest BCUT2D eigenvalue weighted by Crippen LogP contribution is 2.38. The highest BCUT2D eigenvalue weighted by molar-refractivity contribution is 4.77. The second kappa shape index (κ2) is 4.31. The van der Waals surface area contributed by atoms with Gasteiger partial charge in [-0.3, -0.25) is 0 Å². The number of halogens is 3. The van der Waals surface area contributed by atoms with Crippen molar-refractivity contribution in [3.8, 4) is 0 Å². The molecule has 0 atom stereocenters. The lowest BCUT2D eigenvalue weighted by Crippen LogP contribution is -2.30. The fourth-order valence-corrected chi connectivity index (χ4v) is 1.79. The number of rotatable bonds is 2. The SMILES string of the molecule is CCOC1CCC(C(F)(F)F)CC1. The van der Waals surface area contributed by atoms with Gasteiger partial charge in [-0.25, -0.2) is 0 Å². The molecular weight excluding hydrogens is 181 g/mol. The molecule has 0 saturated heterocycles. The van der Waals surface area contributed by atoms with E-state index in [9.17, 15) is 13.2 Å². The number of alkyl halides is 3. The summed E-state index contributed by atoms with van der Waals surface area (Å²) in [5.74, 6) is -1.09. The van der Waals surface area contributed by atoms with E-state index < -0.39 is 12.1 Å². The van der Waals surface area contributed by atoms with E-state index in [-0.39, 0.29) is 18.9 Å². The van der Waals surface area contributed by atoms with Crippen LogP contribution in [-0.4, -0.2) is 18.9 Å². The van der Waals surface area contributed by atoms with Gasteiger partial charge in [-0.15, -0.1) is 0 Å². The van der Waals surface area contributed by atoms with E-state index in [1.165, 1.54) is 0 Å². The lowest BCUT2D eigenvalue weighted by molar-refractivity contribution is -0.187. The van der Waals surface area contributed by atoms with Gasteiger partial charge in [-0.05, 0) is 32.6 Å². The lowest BCUT2D eigenvalue weighted by atomic mass is 9.87. The van der Waals surface area contributed by atoms with Gasteiger partial charge in [0, 0.05) is 6.61 Å². The zero-order chi connectivity index (χ0) is 9.90. The van der Waals surface area contributed by atoms with Gasteiger partial charge in [0.05, 0.1) is 12.0 Å². The summed E-state index contributed by atoms with van der Waals surface area (Å²) in [4.78, 5) is 0. The van der Waals surface area contributed by atoms with Crippen LogP contribution >= 0.6 is 0 Å². The molecule has 1 aliphatic carbocycles. The third-order valence-corrected chi connectivity index (χ3v) is 2.54. The summed E-state index contributed by atoms with van der Waals surface area (Å²) >= 11 is 0. The largest absolute Gasteiger partial charge is 0.391 e. The van der Waals surface area contributed by atoms with Crippen molar-refractivity contribution in [2.24, 2.45) is 5.92 Å². The molecule has 0 aromatic carbocycles. The molecule has 0 aliphatic heterocycles. The van der Waals surface area contributed by atoms with Crippen molar-refractivity contribution in [2.45, 2.75) is 44.9 Å². The van der Waals surface area contributed by atoms with Gasteiger partial charge in [0.25, 0.3) is 0 Å². The van der Waals surface area contributed by atoms with Crippen LogP contribution in [0.15, 0.2) is 0 Å². The Bertz CT molecular complexity index is 147. The zero-order valence-electron chi connectivity index (χ0n) is 7.73. The minimum Gasteiger partial charge on any atom is -0.379 e. The van der Waals surface area contributed by atoms with Crippen LogP contribution in [0, 0.1) is 5.92 Å². The van der Waals surface area contributed by atoms with Gasteiger partial charge in [-0.2, -0.15) is 13.2 Å². The topological polar surface area (TPSA) is 9.23 Å². The van der Waals surface area contributed by atoms with Crippen molar-refractivity contribution >= 4 is 0 Å². The maximum atomic E-state index is 12.2. The molecule has 1 saturated carbocycles. The van der Waals surface area contributed by atoms with Gasteiger partial charge in [-0.1, -0.05) is 0 Å². The Morgan fingerprint density at radius 2 is 1.69 bits per heavy atom. The normalized spacial score (nSPS) is 30.5. The lowest BCUT2D eigenvalue weighted by Gasteiger charge is -2.29. The first-order valence-corrected chi connectivity index (χ1v) is 4.72. The summed E-state index contributed by atoms with van der Waals surface area (Å²) in [5, 5.41) is 0. The molecule has 1 rings (SSSR count). The first-order chi connectivity index (χ1) is 6.04. The van der Waals surface area contributed by atoms with Crippen molar-refractivity contribution in [1.82, 2.24) is 0 Å². The second-order valence-corrected chi connectivity index (χ2v) is 3.47. The summed E-state index contributed by atoms with van der Waals surface area (Å²) in [6.07, 6.45) is -2.38. The minimum absolute atomic E-state index is 0.0589. The van der Waals surface area contributed by atoms with Crippen LogP contribution in [0.4, 0.5) is 13.2 Å². The van der Waals surface area contributed by atoms with Crippen molar-refractivity contribution in [3.05, 3.63) is 0 Å². The standard InChI is InChI=1S/C9H15F3O/c1-2-13-8-5-3-7(4-6-8)9(10,11)12/h7-8H,2-6H2,1H3. The molecule has 1 aliphatic rings. The fourth-order valence-electron chi connectivity index (χ4n) is 1.79. The highest BCUT2D eigenvalue weighted by Gasteiger charge is 2.41. The Labute approximate surface area is 76.3 Å². The molecule has 4 heteroatoms. The molecule has 0 aromatic rings. The minimum atomic E-state index is -4.00. The molecule has 0 unspecified atom stereocenters. The maximum absolute atomic E-state index is 12.2. The van der Waals surface area contributed by atoms with E-state index in [0.717, 1.165) is 0 Å². The molecule has 0 heterocycles. The summed E-state index contributed by atoms with van der Waals surface area (Å²) < 4.78 is 41.9. The smallest absolute Gasteiger partial charge is 0.379 e. The molecule has 13 heavy (non-hydrogen) atoms. The van der Waals surface area contributed by atoms with Crippen LogP contribution in [0.25, 0.3) is 0 Å². The van der Waals surface area contributed by atoms with Gasteiger partial charge in [0.2, 0.25) is 0 Å². The van der Waals surface area contributed by atoms with Gasteiger partial charge in [0.15, 0.2) is 0 Å². The van der Waals surface area contributed by atoms with Crippen LogP contribution in [-0.2, 0) is 4.74 Å². The number of hydrogen-bond donors (Lipinski definition) is 0.